The van der Waals surface area contributed by atoms with Gasteiger partial charge in [0.25, 0.3) is 0 Å². The SMILES string of the molecule is C=CCC(CO)c1cccc(Cl)c1. The number of benzene rings is 1. The molecule has 70 valence electrons. The molecule has 0 aliphatic carbocycles. The van der Waals surface area contributed by atoms with E-state index in [1.54, 1.807) is 0 Å². The van der Waals surface area contributed by atoms with Crippen molar-refractivity contribution in [3.63, 3.8) is 0 Å². The minimum Gasteiger partial charge on any atom is -0.396 e. The summed E-state index contributed by atoms with van der Waals surface area (Å²) in [5.41, 5.74) is 1.06. The van der Waals surface area contributed by atoms with Crippen molar-refractivity contribution in [2.24, 2.45) is 0 Å². The second-order valence-electron chi connectivity index (χ2n) is 2.96. The van der Waals surface area contributed by atoms with Crippen molar-refractivity contribution < 1.29 is 5.11 Å². The highest BCUT2D eigenvalue weighted by Gasteiger charge is 2.07. The zero-order valence-electron chi connectivity index (χ0n) is 7.41. The Balaban J connectivity index is 2.84. The molecule has 1 aromatic carbocycles. The van der Waals surface area contributed by atoms with Gasteiger partial charge in [-0.15, -0.1) is 6.58 Å². The molecule has 0 saturated carbocycles. The average molecular weight is 197 g/mol. The highest BCUT2D eigenvalue weighted by molar-refractivity contribution is 6.30. The molecule has 1 aromatic rings. The number of aliphatic hydroxyl groups excluding tert-OH is 1. The van der Waals surface area contributed by atoms with Crippen LogP contribution in [-0.2, 0) is 0 Å². The molecular weight excluding hydrogens is 184 g/mol. The predicted octanol–water partition coefficient (Wildman–Crippen LogP) is 2.99. The van der Waals surface area contributed by atoms with Crippen molar-refractivity contribution in [3.8, 4) is 0 Å². The Labute approximate surface area is 83.7 Å². The van der Waals surface area contributed by atoms with Crippen LogP contribution in [0.3, 0.4) is 0 Å². The van der Waals surface area contributed by atoms with E-state index in [0.29, 0.717) is 5.02 Å². The lowest BCUT2D eigenvalue weighted by atomic mass is 9.97. The molecule has 0 aliphatic rings. The van der Waals surface area contributed by atoms with Gasteiger partial charge in [0.1, 0.15) is 0 Å². The second-order valence-corrected chi connectivity index (χ2v) is 3.40. The fourth-order valence-corrected chi connectivity index (χ4v) is 1.48. The largest absolute Gasteiger partial charge is 0.396 e. The number of aliphatic hydroxyl groups is 1. The van der Waals surface area contributed by atoms with Crippen LogP contribution in [0, 0.1) is 0 Å². The van der Waals surface area contributed by atoms with Crippen LogP contribution in [0.25, 0.3) is 0 Å². The quantitative estimate of drug-likeness (QED) is 0.735. The molecule has 0 radical (unpaired) electrons. The third-order valence-corrected chi connectivity index (χ3v) is 2.23. The standard InChI is InChI=1S/C11H13ClO/c1-2-4-10(8-13)9-5-3-6-11(12)7-9/h2-3,5-7,10,13H,1,4,8H2. The third kappa shape index (κ3) is 2.87. The summed E-state index contributed by atoms with van der Waals surface area (Å²) in [5, 5.41) is 9.82. The molecule has 1 unspecified atom stereocenters. The Kier molecular flexibility index (Phi) is 4.00. The van der Waals surface area contributed by atoms with Crippen LogP contribution in [0.2, 0.25) is 5.02 Å². The van der Waals surface area contributed by atoms with Gasteiger partial charge in [-0.3, -0.25) is 0 Å². The maximum absolute atomic E-state index is 9.11. The summed E-state index contributed by atoms with van der Waals surface area (Å²) in [4.78, 5) is 0. The molecule has 1 N–H and O–H groups in total. The van der Waals surface area contributed by atoms with Gasteiger partial charge in [0.15, 0.2) is 0 Å². The minimum absolute atomic E-state index is 0.121. The maximum Gasteiger partial charge on any atom is 0.0502 e. The Morgan fingerprint density at radius 1 is 1.54 bits per heavy atom. The van der Waals surface area contributed by atoms with E-state index < -0.39 is 0 Å². The van der Waals surface area contributed by atoms with Gasteiger partial charge in [-0.05, 0) is 24.1 Å². The van der Waals surface area contributed by atoms with Crippen LogP contribution < -0.4 is 0 Å². The zero-order valence-corrected chi connectivity index (χ0v) is 8.17. The Morgan fingerprint density at radius 2 is 2.31 bits per heavy atom. The Hall–Kier alpha value is -0.790. The number of allylic oxidation sites excluding steroid dienone is 1. The summed E-state index contributed by atoms with van der Waals surface area (Å²) in [6, 6.07) is 7.57. The average Bonchev–Trinajstić information content (AvgIpc) is 2.14. The van der Waals surface area contributed by atoms with E-state index in [9.17, 15) is 0 Å². The first-order chi connectivity index (χ1) is 6.27. The van der Waals surface area contributed by atoms with Crippen LogP contribution in [0.1, 0.15) is 17.9 Å². The molecule has 1 nitrogen and oxygen atoms in total. The number of halogens is 1. The van der Waals surface area contributed by atoms with Gasteiger partial charge in [0, 0.05) is 10.9 Å². The van der Waals surface area contributed by atoms with Gasteiger partial charge >= 0.3 is 0 Å². The molecule has 1 atom stereocenters. The van der Waals surface area contributed by atoms with Gasteiger partial charge in [0.2, 0.25) is 0 Å². The van der Waals surface area contributed by atoms with Crippen molar-refractivity contribution in [3.05, 3.63) is 47.5 Å². The summed E-state index contributed by atoms with van der Waals surface area (Å²) in [6.07, 6.45) is 2.58. The lowest BCUT2D eigenvalue weighted by Gasteiger charge is -2.11. The van der Waals surface area contributed by atoms with Crippen molar-refractivity contribution >= 4 is 11.6 Å². The van der Waals surface area contributed by atoms with E-state index in [1.165, 1.54) is 0 Å². The van der Waals surface area contributed by atoms with Crippen molar-refractivity contribution in [2.75, 3.05) is 6.61 Å². The fraction of sp³-hybridized carbons (Fsp3) is 0.273. The van der Waals surface area contributed by atoms with Crippen molar-refractivity contribution in [1.29, 1.82) is 0 Å². The summed E-state index contributed by atoms with van der Waals surface area (Å²) < 4.78 is 0. The topological polar surface area (TPSA) is 20.2 Å². The first-order valence-electron chi connectivity index (χ1n) is 4.25. The zero-order chi connectivity index (χ0) is 9.68. The summed E-state index contributed by atoms with van der Waals surface area (Å²) >= 11 is 5.84. The van der Waals surface area contributed by atoms with E-state index in [1.807, 2.05) is 30.3 Å². The fourth-order valence-electron chi connectivity index (χ4n) is 1.28. The van der Waals surface area contributed by atoms with Crippen molar-refractivity contribution in [1.82, 2.24) is 0 Å². The molecule has 0 aliphatic heterocycles. The monoisotopic (exact) mass is 196 g/mol. The summed E-state index contributed by atoms with van der Waals surface area (Å²) in [7, 11) is 0. The predicted molar refractivity (Wildman–Crippen MR) is 56.1 cm³/mol. The van der Waals surface area contributed by atoms with Gasteiger partial charge in [-0.1, -0.05) is 29.8 Å². The lowest BCUT2D eigenvalue weighted by molar-refractivity contribution is 0.266. The molecule has 13 heavy (non-hydrogen) atoms. The number of hydrogen-bond acceptors (Lipinski definition) is 1. The molecule has 0 spiro atoms. The summed E-state index contributed by atoms with van der Waals surface area (Å²) in [5.74, 6) is 0.121. The number of rotatable bonds is 4. The molecule has 0 amide bonds. The van der Waals surface area contributed by atoms with Gasteiger partial charge < -0.3 is 5.11 Å². The van der Waals surface area contributed by atoms with Gasteiger partial charge in [-0.25, -0.2) is 0 Å². The first-order valence-corrected chi connectivity index (χ1v) is 4.63. The van der Waals surface area contributed by atoms with Crippen LogP contribution >= 0.6 is 11.6 Å². The van der Waals surface area contributed by atoms with E-state index in [-0.39, 0.29) is 12.5 Å². The highest BCUT2D eigenvalue weighted by atomic mass is 35.5. The first kappa shape index (κ1) is 10.3. The second kappa shape index (κ2) is 5.05. The molecule has 0 bridgehead atoms. The Morgan fingerprint density at radius 3 is 2.85 bits per heavy atom. The van der Waals surface area contributed by atoms with Gasteiger partial charge in [0.05, 0.1) is 6.61 Å². The van der Waals surface area contributed by atoms with Crippen LogP contribution in [0.5, 0.6) is 0 Å². The molecular formula is C11H13ClO. The molecule has 2 heteroatoms. The molecule has 0 fully saturated rings. The lowest BCUT2D eigenvalue weighted by Crippen LogP contribution is -2.02. The third-order valence-electron chi connectivity index (χ3n) is 1.99. The van der Waals surface area contributed by atoms with Gasteiger partial charge in [-0.2, -0.15) is 0 Å². The van der Waals surface area contributed by atoms with Crippen LogP contribution in [0.15, 0.2) is 36.9 Å². The summed E-state index contributed by atoms with van der Waals surface area (Å²) in [6.45, 7) is 3.78. The van der Waals surface area contributed by atoms with E-state index >= 15 is 0 Å². The Bertz CT molecular complexity index is 283. The molecule has 1 rings (SSSR count). The van der Waals surface area contributed by atoms with E-state index in [0.717, 1.165) is 12.0 Å². The smallest absolute Gasteiger partial charge is 0.0502 e. The number of hydrogen-bond donors (Lipinski definition) is 1. The van der Waals surface area contributed by atoms with Crippen LogP contribution in [-0.4, -0.2) is 11.7 Å². The molecule has 0 aromatic heterocycles. The van der Waals surface area contributed by atoms with Crippen molar-refractivity contribution in [2.45, 2.75) is 12.3 Å². The normalized spacial score (nSPS) is 12.5. The van der Waals surface area contributed by atoms with Crippen LogP contribution in [0.4, 0.5) is 0 Å². The van der Waals surface area contributed by atoms with E-state index in [4.69, 9.17) is 16.7 Å². The highest BCUT2D eigenvalue weighted by Crippen LogP contribution is 2.22. The minimum atomic E-state index is 0.121. The maximum atomic E-state index is 9.11. The molecule has 0 heterocycles. The molecule has 0 saturated heterocycles. The van der Waals surface area contributed by atoms with E-state index in [2.05, 4.69) is 6.58 Å².